The van der Waals surface area contributed by atoms with E-state index >= 15 is 0 Å². The number of phenols is 1. The molecule has 1 aliphatic rings. The van der Waals surface area contributed by atoms with Crippen LogP contribution in [0.5, 0.6) is 5.75 Å². The van der Waals surface area contributed by atoms with Crippen molar-refractivity contribution in [3.63, 3.8) is 0 Å². The molecule has 1 aliphatic heterocycles. The summed E-state index contributed by atoms with van der Waals surface area (Å²) >= 11 is 0. The monoisotopic (exact) mass is 281 g/mol. The first-order chi connectivity index (χ1) is 8.86. The molecular formula is C14H19NO3S. The zero-order valence-corrected chi connectivity index (χ0v) is 12.3. The van der Waals surface area contributed by atoms with E-state index in [4.69, 9.17) is 0 Å². The lowest BCUT2D eigenvalue weighted by molar-refractivity contribution is 0.463. The van der Waals surface area contributed by atoms with Crippen LogP contribution in [0, 0.1) is 13.8 Å². The highest BCUT2D eigenvalue weighted by atomic mass is 32.2. The number of aromatic hydroxyl groups is 1. The normalized spacial score (nSPS) is 21.1. The van der Waals surface area contributed by atoms with Gasteiger partial charge in [0, 0.05) is 13.1 Å². The van der Waals surface area contributed by atoms with E-state index in [-0.39, 0.29) is 5.75 Å². The van der Waals surface area contributed by atoms with E-state index in [1.807, 2.05) is 20.8 Å². The summed E-state index contributed by atoms with van der Waals surface area (Å²) in [5.41, 5.74) is 2.34. The lowest BCUT2D eigenvalue weighted by atomic mass is 10.1. The predicted octanol–water partition coefficient (Wildman–Crippen LogP) is 2.41. The van der Waals surface area contributed by atoms with Crippen LogP contribution in [0.25, 0.3) is 6.08 Å². The quantitative estimate of drug-likeness (QED) is 0.905. The Morgan fingerprint density at radius 3 is 2.37 bits per heavy atom. The Kier molecular flexibility index (Phi) is 3.69. The van der Waals surface area contributed by atoms with E-state index in [0.717, 1.165) is 16.7 Å². The van der Waals surface area contributed by atoms with Crippen LogP contribution in [0.15, 0.2) is 17.0 Å². The first-order valence-corrected chi connectivity index (χ1v) is 7.81. The summed E-state index contributed by atoms with van der Waals surface area (Å²) in [5, 5.41) is 9.73. The molecule has 0 radical (unpaired) electrons. The molecule has 0 bridgehead atoms. The Bertz CT molecular complexity index is 609. The van der Waals surface area contributed by atoms with Crippen LogP contribution >= 0.6 is 0 Å². The van der Waals surface area contributed by atoms with Crippen molar-refractivity contribution in [2.45, 2.75) is 27.2 Å². The molecule has 0 unspecified atom stereocenters. The van der Waals surface area contributed by atoms with Crippen LogP contribution in [-0.2, 0) is 10.0 Å². The van der Waals surface area contributed by atoms with E-state index in [1.165, 1.54) is 4.31 Å². The second-order valence-electron chi connectivity index (χ2n) is 4.86. The van der Waals surface area contributed by atoms with Crippen LogP contribution in [0.3, 0.4) is 0 Å². The molecule has 0 aliphatic carbocycles. The molecule has 4 nitrogen and oxygen atoms in total. The van der Waals surface area contributed by atoms with E-state index < -0.39 is 10.0 Å². The van der Waals surface area contributed by atoms with Gasteiger partial charge in [-0.1, -0.05) is 6.92 Å². The average Bonchev–Trinajstić information content (AvgIpc) is 2.61. The number of hydrogen-bond donors (Lipinski definition) is 1. The summed E-state index contributed by atoms with van der Waals surface area (Å²) in [4.78, 5) is 0.457. The molecule has 19 heavy (non-hydrogen) atoms. The molecular weight excluding hydrogens is 262 g/mol. The van der Waals surface area contributed by atoms with Crippen molar-refractivity contribution in [2.75, 3.05) is 13.1 Å². The van der Waals surface area contributed by atoms with Gasteiger partial charge in [0.1, 0.15) is 5.75 Å². The largest absolute Gasteiger partial charge is 0.507 e. The van der Waals surface area contributed by atoms with Gasteiger partial charge >= 0.3 is 0 Å². The molecule has 0 saturated carbocycles. The van der Waals surface area contributed by atoms with Crippen LogP contribution in [-0.4, -0.2) is 30.9 Å². The molecule has 0 aromatic heterocycles. The smallest absolute Gasteiger partial charge is 0.239 e. The van der Waals surface area contributed by atoms with Crippen LogP contribution < -0.4 is 0 Å². The minimum absolute atomic E-state index is 0.270. The fourth-order valence-electron chi connectivity index (χ4n) is 2.38. The van der Waals surface area contributed by atoms with E-state index in [0.29, 0.717) is 24.4 Å². The van der Waals surface area contributed by atoms with Crippen molar-refractivity contribution in [2.24, 2.45) is 0 Å². The summed E-state index contributed by atoms with van der Waals surface area (Å²) in [6.07, 6.45) is 2.26. The highest BCUT2D eigenvalue weighted by molar-refractivity contribution is 7.93. The highest BCUT2D eigenvalue weighted by Gasteiger charge is 2.32. The van der Waals surface area contributed by atoms with Crippen molar-refractivity contribution >= 4 is 16.1 Å². The third kappa shape index (κ3) is 2.53. The lowest BCUT2D eigenvalue weighted by Gasteiger charge is -2.10. The number of aryl methyl sites for hydroxylation is 2. The van der Waals surface area contributed by atoms with E-state index in [2.05, 4.69) is 0 Å². The van der Waals surface area contributed by atoms with Crippen LogP contribution in [0.1, 0.15) is 30.0 Å². The summed E-state index contributed by atoms with van der Waals surface area (Å²) in [6, 6.07) is 3.61. The molecule has 0 atom stereocenters. The number of hydrogen-bond acceptors (Lipinski definition) is 3. The molecule has 5 heteroatoms. The van der Waals surface area contributed by atoms with Gasteiger partial charge in [0.15, 0.2) is 0 Å². The van der Waals surface area contributed by atoms with E-state index in [9.17, 15) is 13.5 Å². The molecule has 1 aromatic rings. The summed E-state index contributed by atoms with van der Waals surface area (Å²) in [5.74, 6) is 0.270. The van der Waals surface area contributed by atoms with Gasteiger partial charge in [-0.05, 0) is 55.2 Å². The van der Waals surface area contributed by atoms with Gasteiger partial charge in [0.2, 0.25) is 10.0 Å². The maximum atomic E-state index is 12.2. The SMILES string of the molecule is CCN1CC/C(=C\c2cc(C)c(O)c(C)c2)S1(=O)=O. The fourth-order valence-corrected chi connectivity index (χ4v) is 4.02. The average molecular weight is 281 g/mol. The third-order valence-corrected chi connectivity index (χ3v) is 5.58. The second-order valence-corrected chi connectivity index (χ2v) is 6.85. The van der Waals surface area contributed by atoms with Gasteiger partial charge in [-0.2, -0.15) is 4.31 Å². The summed E-state index contributed by atoms with van der Waals surface area (Å²) in [6.45, 7) is 6.53. The number of sulfonamides is 1. The Hall–Kier alpha value is -1.33. The number of nitrogens with zero attached hydrogens (tertiary/aromatic N) is 1. The fraction of sp³-hybridized carbons (Fsp3) is 0.429. The Labute approximate surface area is 114 Å². The molecule has 0 amide bonds. The van der Waals surface area contributed by atoms with Crippen LogP contribution in [0.4, 0.5) is 0 Å². The predicted molar refractivity (Wildman–Crippen MR) is 76.3 cm³/mol. The van der Waals surface area contributed by atoms with Gasteiger partial charge in [0.25, 0.3) is 0 Å². The first-order valence-electron chi connectivity index (χ1n) is 6.37. The number of rotatable bonds is 2. The Morgan fingerprint density at radius 1 is 1.32 bits per heavy atom. The maximum absolute atomic E-state index is 12.2. The zero-order valence-electron chi connectivity index (χ0n) is 11.5. The van der Waals surface area contributed by atoms with Crippen molar-refractivity contribution in [3.8, 4) is 5.75 Å². The van der Waals surface area contributed by atoms with Gasteiger partial charge in [-0.3, -0.25) is 0 Å². The zero-order chi connectivity index (χ0) is 14.2. The molecule has 1 N–H and O–H groups in total. The number of phenolic OH excluding ortho intramolecular Hbond substituents is 1. The van der Waals surface area contributed by atoms with Gasteiger partial charge in [-0.15, -0.1) is 0 Å². The minimum atomic E-state index is -3.28. The minimum Gasteiger partial charge on any atom is -0.507 e. The van der Waals surface area contributed by atoms with Gasteiger partial charge in [0.05, 0.1) is 4.91 Å². The lowest BCUT2D eigenvalue weighted by Crippen LogP contribution is -2.24. The maximum Gasteiger partial charge on any atom is 0.239 e. The standard InChI is InChI=1S/C14H19NO3S/c1-4-15-6-5-13(19(15,17)18)9-12-7-10(2)14(16)11(3)8-12/h7-9,16H,4-6H2,1-3H3/b13-9+. The molecule has 0 spiro atoms. The van der Waals surface area contributed by atoms with Crippen molar-refractivity contribution < 1.29 is 13.5 Å². The van der Waals surface area contributed by atoms with Crippen molar-refractivity contribution in [1.29, 1.82) is 0 Å². The van der Waals surface area contributed by atoms with E-state index in [1.54, 1.807) is 18.2 Å². The molecule has 2 rings (SSSR count). The van der Waals surface area contributed by atoms with Gasteiger partial charge < -0.3 is 5.11 Å². The molecule has 1 saturated heterocycles. The van der Waals surface area contributed by atoms with Crippen molar-refractivity contribution in [3.05, 3.63) is 33.7 Å². The number of benzene rings is 1. The second kappa shape index (κ2) is 4.98. The van der Waals surface area contributed by atoms with Gasteiger partial charge in [-0.25, -0.2) is 8.42 Å². The van der Waals surface area contributed by atoms with Crippen LogP contribution in [0.2, 0.25) is 0 Å². The Balaban J connectivity index is 2.43. The molecule has 1 fully saturated rings. The summed E-state index contributed by atoms with van der Waals surface area (Å²) < 4.78 is 25.8. The third-order valence-electron chi connectivity index (χ3n) is 3.47. The summed E-state index contributed by atoms with van der Waals surface area (Å²) in [7, 11) is -3.28. The van der Waals surface area contributed by atoms with Crippen molar-refractivity contribution in [1.82, 2.24) is 4.31 Å². The first kappa shape index (κ1) is 14.1. The topological polar surface area (TPSA) is 57.6 Å². The highest BCUT2D eigenvalue weighted by Crippen LogP contribution is 2.29. The molecule has 1 aromatic carbocycles. The molecule has 104 valence electrons. The Morgan fingerprint density at radius 2 is 1.89 bits per heavy atom. The molecule has 1 heterocycles.